The number of rotatable bonds is 1. The summed E-state index contributed by atoms with van der Waals surface area (Å²) in [4.78, 5) is 9.79. The molecule has 42 valence electrons. The predicted molar refractivity (Wildman–Crippen MR) is 25.5 cm³/mol. The van der Waals surface area contributed by atoms with Gasteiger partial charge in [-0.05, 0) is 0 Å². The molecule has 0 bridgehead atoms. The van der Waals surface area contributed by atoms with Crippen LogP contribution in [0.5, 0.6) is 0 Å². The van der Waals surface area contributed by atoms with Gasteiger partial charge in [0.2, 0.25) is 0 Å². The maximum Gasteiger partial charge on any atom is 0.347 e. The molecule has 0 fully saturated rings. The van der Waals surface area contributed by atoms with Crippen molar-refractivity contribution in [2.45, 2.75) is 0 Å². The molecule has 0 spiro atoms. The fraction of sp³-hybridized carbons (Fsp3) is 0. The third-order valence-electron chi connectivity index (χ3n) is 0.518. The van der Waals surface area contributed by atoms with E-state index in [1.54, 1.807) is 0 Å². The van der Waals surface area contributed by atoms with Gasteiger partial charge in [-0.15, -0.1) is 0 Å². The minimum absolute atomic E-state index is 0.440. The summed E-state index contributed by atoms with van der Waals surface area (Å²) < 4.78 is 0. The maximum absolute atomic E-state index is 9.79. The van der Waals surface area contributed by atoms with Crippen LogP contribution < -0.4 is 5.73 Å². The number of nitriles is 1. The van der Waals surface area contributed by atoms with Crippen LogP contribution in [-0.2, 0) is 4.79 Å². The maximum atomic E-state index is 9.79. The molecule has 0 rings (SSSR count). The van der Waals surface area contributed by atoms with E-state index in [1.807, 2.05) is 0 Å². The summed E-state index contributed by atoms with van der Waals surface area (Å²) in [5, 5.41) is 15.9. The third-order valence-corrected chi connectivity index (χ3v) is 0.518. The smallest absolute Gasteiger partial charge is 0.347 e. The number of hydrogen-bond acceptors (Lipinski definition) is 3. The molecule has 0 unspecified atom stereocenters. The zero-order chi connectivity index (χ0) is 6.57. The van der Waals surface area contributed by atoms with Crippen molar-refractivity contribution < 1.29 is 9.90 Å². The second-order valence-corrected chi connectivity index (χ2v) is 0.997. The Morgan fingerprint density at radius 3 is 2.38 bits per heavy atom. The number of carbonyl (C=O) groups is 1. The van der Waals surface area contributed by atoms with Gasteiger partial charge >= 0.3 is 5.97 Å². The number of carboxylic acids is 1. The van der Waals surface area contributed by atoms with E-state index in [1.165, 1.54) is 6.07 Å². The Kier molecular flexibility index (Phi) is 2.14. The summed E-state index contributed by atoms with van der Waals surface area (Å²) in [5.41, 5.74) is 4.28. The molecule has 3 N–H and O–H groups in total. The van der Waals surface area contributed by atoms with Crippen LogP contribution in [0, 0.1) is 11.3 Å². The van der Waals surface area contributed by atoms with Crippen molar-refractivity contribution >= 4 is 5.97 Å². The van der Waals surface area contributed by atoms with Crippen LogP contribution in [0.4, 0.5) is 0 Å². The summed E-state index contributed by atoms with van der Waals surface area (Å²) in [6.07, 6.45) is 0.752. The van der Waals surface area contributed by atoms with Crippen LogP contribution in [-0.4, -0.2) is 11.1 Å². The summed E-state index contributed by atoms with van der Waals surface area (Å²) >= 11 is 0. The highest BCUT2D eigenvalue weighted by molar-refractivity contribution is 5.90. The van der Waals surface area contributed by atoms with Gasteiger partial charge in [-0.25, -0.2) is 4.79 Å². The van der Waals surface area contributed by atoms with Crippen LogP contribution in [0.2, 0.25) is 0 Å². The molecule has 4 heteroatoms. The number of aliphatic carboxylic acids is 1. The van der Waals surface area contributed by atoms with E-state index in [9.17, 15) is 4.79 Å². The average Bonchev–Trinajstić information content (AvgIpc) is 1.69. The van der Waals surface area contributed by atoms with Gasteiger partial charge in [-0.3, -0.25) is 0 Å². The van der Waals surface area contributed by atoms with Crippen molar-refractivity contribution in [2.75, 3.05) is 0 Å². The largest absolute Gasteiger partial charge is 0.477 e. The van der Waals surface area contributed by atoms with E-state index in [2.05, 4.69) is 0 Å². The molecule has 0 heterocycles. The molecular weight excluding hydrogens is 108 g/mol. The molecule has 0 amide bonds. The zero-order valence-corrected chi connectivity index (χ0v) is 3.96. The predicted octanol–water partition coefficient (Wildman–Crippen LogP) is -0.563. The van der Waals surface area contributed by atoms with E-state index in [-0.39, 0.29) is 0 Å². The first-order valence-corrected chi connectivity index (χ1v) is 1.77. The number of nitrogens with two attached hydrogens (primary N) is 1. The Hall–Kier alpha value is -1.50. The van der Waals surface area contributed by atoms with Crippen LogP contribution >= 0.6 is 0 Å². The molecule has 0 saturated heterocycles. The molecule has 0 aromatic carbocycles. The second kappa shape index (κ2) is 2.64. The van der Waals surface area contributed by atoms with Crippen molar-refractivity contribution in [2.24, 2.45) is 5.73 Å². The Labute approximate surface area is 45.8 Å². The molecule has 0 aromatic heterocycles. The lowest BCUT2D eigenvalue weighted by Gasteiger charge is -1.81. The SMILES string of the molecule is N#C/C(=C\N)C(=O)O. The molecular formula is C4H4N2O2. The normalized spacial score (nSPS) is 10.1. The Morgan fingerprint density at radius 2 is 2.38 bits per heavy atom. The first-order chi connectivity index (χ1) is 3.72. The molecule has 0 aliphatic rings. The van der Waals surface area contributed by atoms with Gasteiger partial charge in [-0.2, -0.15) is 5.26 Å². The molecule has 8 heavy (non-hydrogen) atoms. The van der Waals surface area contributed by atoms with Gasteiger partial charge < -0.3 is 10.8 Å². The van der Waals surface area contributed by atoms with Crippen molar-refractivity contribution in [3.05, 3.63) is 11.8 Å². The highest BCUT2D eigenvalue weighted by Gasteiger charge is 2.01. The number of carboxylic acid groups (broad SMARTS) is 1. The van der Waals surface area contributed by atoms with E-state index in [0.717, 1.165) is 6.20 Å². The van der Waals surface area contributed by atoms with Crippen molar-refractivity contribution in [1.29, 1.82) is 5.26 Å². The van der Waals surface area contributed by atoms with Crippen molar-refractivity contribution in [3.8, 4) is 6.07 Å². The minimum Gasteiger partial charge on any atom is -0.477 e. The van der Waals surface area contributed by atoms with E-state index in [0.29, 0.717) is 0 Å². The summed E-state index contributed by atoms with van der Waals surface area (Å²) in [6.45, 7) is 0. The Bertz CT molecular complexity index is 165. The number of nitrogens with zero attached hydrogens (tertiary/aromatic N) is 1. The molecule has 0 aliphatic carbocycles. The Balaban J connectivity index is 4.20. The van der Waals surface area contributed by atoms with Gasteiger partial charge in [-0.1, -0.05) is 0 Å². The lowest BCUT2D eigenvalue weighted by molar-refractivity contribution is -0.132. The second-order valence-electron chi connectivity index (χ2n) is 0.997. The van der Waals surface area contributed by atoms with Gasteiger partial charge in [0.15, 0.2) is 5.57 Å². The fourth-order valence-corrected chi connectivity index (χ4v) is 0.156. The quantitative estimate of drug-likeness (QED) is 0.351. The van der Waals surface area contributed by atoms with E-state index in [4.69, 9.17) is 16.1 Å². The van der Waals surface area contributed by atoms with Crippen molar-refractivity contribution in [3.63, 3.8) is 0 Å². The molecule has 0 saturated carbocycles. The summed E-state index contributed by atoms with van der Waals surface area (Å²) in [5.74, 6) is -1.30. The van der Waals surface area contributed by atoms with Crippen LogP contribution in [0.15, 0.2) is 11.8 Å². The van der Waals surface area contributed by atoms with Crippen LogP contribution in [0.3, 0.4) is 0 Å². The third kappa shape index (κ3) is 1.30. The van der Waals surface area contributed by atoms with Crippen molar-refractivity contribution in [1.82, 2.24) is 0 Å². The zero-order valence-electron chi connectivity index (χ0n) is 3.96. The lowest BCUT2D eigenvalue weighted by Crippen LogP contribution is -1.99. The topological polar surface area (TPSA) is 87.1 Å². The average molecular weight is 112 g/mol. The molecule has 0 aliphatic heterocycles. The fourth-order valence-electron chi connectivity index (χ4n) is 0.156. The first-order valence-electron chi connectivity index (χ1n) is 1.77. The molecule has 0 aromatic rings. The highest BCUT2D eigenvalue weighted by Crippen LogP contribution is 1.85. The number of hydrogen-bond donors (Lipinski definition) is 2. The molecule has 0 atom stereocenters. The van der Waals surface area contributed by atoms with Gasteiger partial charge in [0.1, 0.15) is 6.07 Å². The minimum atomic E-state index is -1.30. The Morgan fingerprint density at radius 1 is 1.88 bits per heavy atom. The van der Waals surface area contributed by atoms with Gasteiger partial charge in [0.05, 0.1) is 0 Å². The van der Waals surface area contributed by atoms with Crippen LogP contribution in [0.1, 0.15) is 0 Å². The monoisotopic (exact) mass is 112 g/mol. The highest BCUT2D eigenvalue weighted by atomic mass is 16.4. The van der Waals surface area contributed by atoms with Gasteiger partial charge in [0, 0.05) is 6.20 Å². The summed E-state index contributed by atoms with van der Waals surface area (Å²) in [7, 11) is 0. The first kappa shape index (κ1) is 6.50. The van der Waals surface area contributed by atoms with E-state index >= 15 is 0 Å². The lowest BCUT2D eigenvalue weighted by atomic mass is 10.3. The summed E-state index contributed by atoms with van der Waals surface area (Å²) in [6, 6.07) is 1.39. The van der Waals surface area contributed by atoms with Crippen LogP contribution in [0.25, 0.3) is 0 Å². The van der Waals surface area contributed by atoms with Gasteiger partial charge in [0.25, 0.3) is 0 Å². The molecule has 0 radical (unpaired) electrons. The molecule has 4 nitrogen and oxygen atoms in total. The van der Waals surface area contributed by atoms with E-state index < -0.39 is 11.5 Å². The standard InChI is InChI=1S/C4H4N2O2/c5-1-3(2-6)4(7)8/h1H,5H2,(H,7,8)/b3-1+.